The predicted molar refractivity (Wildman–Crippen MR) is 66.7 cm³/mol. The van der Waals surface area contributed by atoms with Crippen molar-refractivity contribution in [3.63, 3.8) is 0 Å². The molecule has 7 heteroatoms. The van der Waals surface area contributed by atoms with Gasteiger partial charge in [-0.05, 0) is 26.2 Å². The first-order valence-corrected chi connectivity index (χ1v) is 6.00. The van der Waals surface area contributed by atoms with Crippen LogP contribution in [-0.2, 0) is 11.8 Å². The van der Waals surface area contributed by atoms with Crippen LogP contribution in [0.5, 0.6) is 0 Å². The number of nitro groups is 1. The zero-order valence-corrected chi connectivity index (χ0v) is 10.8. The van der Waals surface area contributed by atoms with E-state index in [0.717, 1.165) is 19.3 Å². The summed E-state index contributed by atoms with van der Waals surface area (Å²) >= 11 is 0. The third-order valence-electron chi connectivity index (χ3n) is 3.43. The lowest BCUT2D eigenvalue weighted by molar-refractivity contribution is -0.384. The highest BCUT2D eigenvalue weighted by molar-refractivity contribution is 5.59. The molecule has 0 aliphatic heterocycles. The molecule has 1 fully saturated rings. The molecular formula is C11H18N4O3. The van der Waals surface area contributed by atoms with Crippen molar-refractivity contribution in [3.8, 4) is 0 Å². The van der Waals surface area contributed by atoms with Crippen molar-refractivity contribution in [3.05, 3.63) is 15.8 Å². The van der Waals surface area contributed by atoms with E-state index in [4.69, 9.17) is 4.74 Å². The number of nitrogens with zero attached hydrogens (tertiary/aromatic N) is 3. The number of rotatable bonds is 4. The van der Waals surface area contributed by atoms with E-state index in [2.05, 4.69) is 10.4 Å². The number of nitrogens with one attached hydrogen (secondary N) is 1. The molecule has 2 unspecified atom stereocenters. The lowest BCUT2D eigenvalue weighted by Gasteiger charge is -2.13. The highest BCUT2D eigenvalue weighted by Crippen LogP contribution is 2.31. The zero-order valence-electron chi connectivity index (χ0n) is 10.8. The molecule has 0 radical (unpaired) electrons. The Morgan fingerprint density at radius 2 is 2.28 bits per heavy atom. The van der Waals surface area contributed by atoms with E-state index < -0.39 is 0 Å². The van der Waals surface area contributed by atoms with Crippen LogP contribution >= 0.6 is 0 Å². The molecule has 0 bridgehead atoms. The van der Waals surface area contributed by atoms with Crippen LogP contribution in [0.15, 0.2) is 0 Å². The summed E-state index contributed by atoms with van der Waals surface area (Å²) in [5, 5.41) is 18.4. The SMILES string of the molecule is COC1CCC(Nc2c([N+](=O)[O-])c(C)nn2C)C1. The molecule has 0 amide bonds. The first kappa shape index (κ1) is 12.8. The summed E-state index contributed by atoms with van der Waals surface area (Å²) in [5.41, 5.74) is 0.504. The molecule has 1 aliphatic rings. The maximum Gasteiger partial charge on any atom is 0.333 e. The minimum atomic E-state index is -0.382. The molecule has 7 nitrogen and oxygen atoms in total. The van der Waals surface area contributed by atoms with Gasteiger partial charge in [0.25, 0.3) is 0 Å². The van der Waals surface area contributed by atoms with Gasteiger partial charge < -0.3 is 10.1 Å². The van der Waals surface area contributed by atoms with Crippen LogP contribution < -0.4 is 5.32 Å². The number of hydrogen-bond acceptors (Lipinski definition) is 5. The second-order valence-corrected chi connectivity index (χ2v) is 4.68. The molecular weight excluding hydrogens is 236 g/mol. The van der Waals surface area contributed by atoms with E-state index in [0.29, 0.717) is 11.5 Å². The molecule has 1 aromatic rings. The van der Waals surface area contributed by atoms with Crippen LogP contribution in [0.3, 0.4) is 0 Å². The number of ether oxygens (including phenoxy) is 1. The van der Waals surface area contributed by atoms with Crippen LogP contribution in [0, 0.1) is 17.0 Å². The number of aromatic nitrogens is 2. The third-order valence-corrected chi connectivity index (χ3v) is 3.43. The van der Waals surface area contributed by atoms with E-state index in [1.165, 1.54) is 4.68 Å². The van der Waals surface area contributed by atoms with E-state index >= 15 is 0 Å². The third kappa shape index (κ3) is 2.31. The highest BCUT2D eigenvalue weighted by Gasteiger charge is 2.29. The van der Waals surface area contributed by atoms with Gasteiger partial charge in [0.2, 0.25) is 5.82 Å². The van der Waals surface area contributed by atoms with Crippen molar-refractivity contribution in [2.24, 2.45) is 7.05 Å². The number of methoxy groups -OCH3 is 1. The van der Waals surface area contributed by atoms with E-state index in [1.54, 1.807) is 21.1 Å². The Bertz CT molecular complexity index is 457. The molecule has 18 heavy (non-hydrogen) atoms. The van der Waals surface area contributed by atoms with Gasteiger partial charge >= 0.3 is 5.69 Å². The zero-order chi connectivity index (χ0) is 13.3. The summed E-state index contributed by atoms with van der Waals surface area (Å²) in [6.45, 7) is 1.65. The van der Waals surface area contributed by atoms with E-state index in [1.807, 2.05) is 0 Å². The molecule has 0 spiro atoms. The largest absolute Gasteiger partial charge is 0.381 e. The van der Waals surface area contributed by atoms with Crippen molar-refractivity contribution in [2.75, 3.05) is 12.4 Å². The minimum absolute atomic E-state index is 0.0679. The van der Waals surface area contributed by atoms with E-state index in [-0.39, 0.29) is 22.8 Å². The lowest BCUT2D eigenvalue weighted by Crippen LogP contribution is -2.19. The van der Waals surface area contributed by atoms with Crippen molar-refractivity contribution in [2.45, 2.75) is 38.3 Å². The molecule has 0 saturated heterocycles. The number of anilines is 1. The van der Waals surface area contributed by atoms with Crippen LogP contribution in [0.2, 0.25) is 0 Å². The average Bonchev–Trinajstić information content (AvgIpc) is 2.85. The normalized spacial score (nSPS) is 23.3. The molecule has 0 aromatic carbocycles. The Morgan fingerprint density at radius 1 is 1.56 bits per heavy atom. The Hall–Kier alpha value is -1.63. The summed E-state index contributed by atoms with van der Waals surface area (Å²) in [6.07, 6.45) is 3.06. The first-order chi connectivity index (χ1) is 8.52. The monoisotopic (exact) mass is 254 g/mol. The van der Waals surface area contributed by atoms with Gasteiger partial charge in [-0.1, -0.05) is 0 Å². The van der Waals surface area contributed by atoms with Crippen molar-refractivity contribution < 1.29 is 9.66 Å². The fraction of sp³-hybridized carbons (Fsp3) is 0.727. The number of hydrogen-bond donors (Lipinski definition) is 1. The summed E-state index contributed by atoms with van der Waals surface area (Å²) < 4.78 is 6.83. The molecule has 1 aromatic heterocycles. The van der Waals surface area contributed by atoms with Gasteiger partial charge in [0.15, 0.2) is 0 Å². The predicted octanol–water partition coefficient (Wildman–Crippen LogP) is 1.62. The van der Waals surface area contributed by atoms with Gasteiger partial charge in [-0.15, -0.1) is 0 Å². The van der Waals surface area contributed by atoms with E-state index in [9.17, 15) is 10.1 Å². The Kier molecular flexibility index (Phi) is 3.51. The Labute approximate surface area is 105 Å². The standard InChI is InChI=1S/C11H18N4O3/c1-7-10(15(16)17)11(14(2)13-7)12-8-4-5-9(6-8)18-3/h8-9,12H,4-6H2,1-3H3. The van der Waals surface area contributed by atoms with Crippen molar-refractivity contribution in [1.29, 1.82) is 0 Å². The molecule has 1 aliphatic carbocycles. The van der Waals surface area contributed by atoms with Gasteiger partial charge in [0.05, 0.1) is 11.0 Å². The fourth-order valence-corrected chi connectivity index (χ4v) is 2.51. The van der Waals surface area contributed by atoms with Crippen LogP contribution in [0.1, 0.15) is 25.0 Å². The van der Waals surface area contributed by atoms with Crippen molar-refractivity contribution >= 4 is 11.5 Å². The second kappa shape index (κ2) is 4.93. The molecule has 2 atom stereocenters. The summed E-state index contributed by atoms with van der Waals surface area (Å²) in [6, 6.07) is 0.212. The summed E-state index contributed by atoms with van der Waals surface area (Å²) in [7, 11) is 3.41. The molecule has 1 N–H and O–H groups in total. The topological polar surface area (TPSA) is 82.2 Å². The summed E-state index contributed by atoms with van der Waals surface area (Å²) in [4.78, 5) is 10.7. The maximum absolute atomic E-state index is 11.0. The maximum atomic E-state index is 11.0. The minimum Gasteiger partial charge on any atom is -0.381 e. The Morgan fingerprint density at radius 3 is 2.83 bits per heavy atom. The van der Waals surface area contributed by atoms with Gasteiger partial charge in [-0.25, -0.2) is 4.68 Å². The molecule has 1 saturated carbocycles. The van der Waals surface area contributed by atoms with Gasteiger partial charge in [0.1, 0.15) is 5.69 Å². The van der Waals surface area contributed by atoms with Crippen LogP contribution in [0.4, 0.5) is 11.5 Å². The quantitative estimate of drug-likeness (QED) is 0.652. The molecule has 100 valence electrons. The van der Waals surface area contributed by atoms with Gasteiger partial charge in [0, 0.05) is 20.2 Å². The van der Waals surface area contributed by atoms with Crippen LogP contribution in [0.25, 0.3) is 0 Å². The molecule has 1 heterocycles. The fourth-order valence-electron chi connectivity index (χ4n) is 2.51. The second-order valence-electron chi connectivity index (χ2n) is 4.68. The molecule has 2 rings (SSSR count). The lowest BCUT2D eigenvalue weighted by atomic mass is 10.2. The van der Waals surface area contributed by atoms with Crippen molar-refractivity contribution in [1.82, 2.24) is 9.78 Å². The van der Waals surface area contributed by atoms with Gasteiger partial charge in [-0.2, -0.15) is 5.10 Å². The van der Waals surface area contributed by atoms with Gasteiger partial charge in [-0.3, -0.25) is 10.1 Å². The first-order valence-electron chi connectivity index (χ1n) is 6.00. The number of aryl methyl sites for hydroxylation is 2. The van der Waals surface area contributed by atoms with Crippen LogP contribution in [-0.4, -0.2) is 34.0 Å². The smallest absolute Gasteiger partial charge is 0.333 e. The Balaban J connectivity index is 2.17. The average molecular weight is 254 g/mol. The summed E-state index contributed by atoms with van der Waals surface area (Å²) in [5.74, 6) is 0.485. The highest BCUT2D eigenvalue weighted by atomic mass is 16.6.